The summed E-state index contributed by atoms with van der Waals surface area (Å²) in [6, 6.07) is 18.8. The Morgan fingerprint density at radius 2 is 1.91 bits per heavy atom. The molecule has 0 saturated heterocycles. The highest BCUT2D eigenvalue weighted by Crippen LogP contribution is 2.23. The van der Waals surface area contributed by atoms with Crippen LogP contribution in [0, 0.1) is 5.82 Å². The third-order valence-electron chi connectivity index (χ3n) is 4.74. The molecule has 1 N–H and O–H groups in total. The minimum absolute atomic E-state index is 0.139. The molecule has 8 heteroatoms. The Balaban J connectivity index is 1.31. The molecule has 2 aromatic heterocycles. The number of carbonyl (C=O) groups is 2. The lowest BCUT2D eigenvalue weighted by molar-refractivity contribution is -0.116. The third-order valence-corrected chi connectivity index (χ3v) is 5.78. The number of carbonyl (C=O) groups excluding carboxylic acids is 2. The summed E-state index contributed by atoms with van der Waals surface area (Å²) in [6.07, 6.45) is 3.97. The van der Waals surface area contributed by atoms with Crippen molar-refractivity contribution in [2.45, 2.75) is 10.6 Å². The van der Waals surface area contributed by atoms with E-state index in [9.17, 15) is 14.0 Å². The van der Waals surface area contributed by atoms with Gasteiger partial charge in [0, 0.05) is 41.3 Å². The van der Waals surface area contributed by atoms with Gasteiger partial charge < -0.3 is 14.6 Å². The summed E-state index contributed by atoms with van der Waals surface area (Å²) < 4.78 is 15.2. The van der Waals surface area contributed by atoms with Crippen molar-refractivity contribution in [2.24, 2.45) is 0 Å². The number of fused-ring (bicyclic) bond motifs is 1. The van der Waals surface area contributed by atoms with Gasteiger partial charge in [-0.15, -0.1) is 11.8 Å². The minimum Gasteiger partial charge on any atom is -0.332 e. The van der Waals surface area contributed by atoms with E-state index in [0.29, 0.717) is 11.3 Å². The molecule has 2 aromatic carbocycles. The van der Waals surface area contributed by atoms with Crippen LogP contribution in [0.15, 0.2) is 84.0 Å². The second-order valence-corrected chi connectivity index (χ2v) is 8.28. The van der Waals surface area contributed by atoms with E-state index in [4.69, 9.17) is 0 Å². The average Bonchev–Trinajstić information content (AvgIpc) is 3.20. The van der Waals surface area contributed by atoms with E-state index >= 15 is 0 Å². The fourth-order valence-corrected chi connectivity index (χ4v) is 3.96. The molecular weight excluding hydrogens is 427 g/mol. The number of pyridine rings is 1. The largest absolute Gasteiger partial charge is 0.332 e. The highest BCUT2D eigenvalue weighted by atomic mass is 32.2. The van der Waals surface area contributed by atoms with Gasteiger partial charge in [0.15, 0.2) is 0 Å². The number of nitrogens with zero attached hydrogens (tertiary/aromatic N) is 3. The Kier molecular flexibility index (Phi) is 6.51. The summed E-state index contributed by atoms with van der Waals surface area (Å²) in [5.74, 6) is -0.386. The molecule has 162 valence electrons. The highest BCUT2D eigenvalue weighted by molar-refractivity contribution is 7.98. The molecule has 4 rings (SSSR count). The van der Waals surface area contributed by atoms with E-state index in [1.165, 1.54) is 23.1 Å². The smallest absolute Gasteiger partial charge is 0.254 e. The molecule has 32 heavy (non-hydrogen) atoms. The van der Waals surface area contributed by atoms with Crippen LogP contribution in [-0.4, -0.2) is 39.7 Å². The molecule has 0 radical (unpaired) electrons. The standard InChI is InChI=1S/C24H21FN4O2S/c1-28(15-23(30)27-19-6-4-5-18(25)13-19)24(31)17-8-10-21(11-9-17)32-16-20-14-29-12-3-2-7-22(29)26-20/h2-14H,15-16H2,1H3,(H,27,30). The van der Waals surface area contributed by atoms with Crippen molar-refractivity contribution < 1.29 is 14.0 Å². The number of halogens is 1. The van der Waals surface area contributed by atoms with Crippen molar-refractivity contribution in [3.05, 3.63) is 96.2 Å². The number of nitrogens with one attached hydrogen (secondary N) is 1. The van der Waals surface area contributed by atoms with Gasteiger partial charge in [0.25, 0.3) is 5.91 Å². The Hall–Kier alpha value is -3.65. The quantitative estimate of drug-likeness (QED) is 0.424. The van der Waals surface area contributed by atoms with E-state index < -0.39 is 11.7 Å². The fourth-order valence-electron chi connectivity index (χ4n) is 3.18. The topological polar surface area (TPSA) is 66.7 Å². The number of anilines is 1. The van der Waals surface area contributed by atoms with Gasteiger partial charge in [-0.25, -0.2) is 9.37 Å². The number of rotatable bonds is 7. The Labute approximate surface area is 189 Å². The first kappa shape index (κ1) is 21.6. The number of thioether (sulfide) groups is 1. The molecule has 0 aliphatic rings. The predicted molar refractivity (Wildman–Crippen MR) is 123 cm³/mol. The summed E-state index contributed by atoms with van der Waals surface area (Å²) in [4.78, 5) is 31.7. The first-order chi connectivity index (χ1) is 15.5. The van der Waals surface area contributed by atoms with Crippen LogP contribution in [-0.2, 0) is 10.5 Å². The van der Waals surface area contributed by atoms with E-state index in [2.05, 4.69) is 10.3 Å². The highest BCUT2D eigenvalue weighted by Gasteiger charge is 2.15. The molecule has 0 atom stereocenters. The number of hydrogen-bond donors (Lipinski definition) is 1. The maximum Gasteiger partial charge on any atom is 0.254 e. The van der Waals surface area contributed by atoms with Gasteiger partial charge in [0.1, 0.15) is 11.5 Å². The molecule has 6 nitrogen and oxygen atoms in total. The lowest BCUT2D eigenvalue weighted by Crippen LogP contribution is -2.34. The molecule has 0 bridgehead atoms. The van der Waals surface area contributed by atoms with E-state index in [-0.39, 0.29) is 12.5 Å². The SMILES string of the molecule is CN(CC(=O)Nc1cccc(F)c1)C(=O)c1ccc(SCc2cn3ccccc3n2)cc1. The number of benzene rings is 2. The number of imidazole rings is 1. The number of likely N-dealkylation sites (N-methyl/N-ethyl adjacent to an activating group) is 1. The Bertz CT molecular complexity index is 1220. The second-order valence-electron chi connectivity index (χ2n) is 7.23. The molecule has 4 aromatic rings. The lowest BCUT2D eigenvalue weighted by atomic mass is 10.2. The van der Waals surface area contributed by atoms with E-state index in [1.807, 2.05) is 47.1 Å². The van der Waals surface area contributed by atoms with Crippen molar-refractivity contribution >= 4 is 34.9 Å². The van der Waals surface area contributed by atoms with Crippen LogP contribution < -0.4 is 5.32 Å². The van der Waals surface area contributed by atoms with Gasteiger partial charge in [-0.1, -0.05) is 12.1 Å². The van der Waals surface area contributed by atoms with Crippen molar-refractivity contribution in [3.8, 4) is 0 Å². The van der Waals surface area contributed by atoms with Crippen LogP contribution in [0.25, 0.3) is 5.65 Å². The van der Waals surface area contributed by atoms with Crippen LogP contribution in [0.4, 0.5) is 10.1 Å². The third kappa shape index (κ3) is 5.33. The second kappa shape index (κ2) is 9.65. The maximum absolute atomic E-state index is 13.2. The zero-order valence-corrected chi connectivity index (χ0v) is 18.2. The van der Waals surface area contributed by atoms with E-state index in [1.54, 1.807) is 37.0 Å². The normalized spacial score (nSPS) is 10.8. The number of aromatic nitrogens is 2. The summed E-state index contributed by atoms with van der Waals surface area (Å²) in [5, 5.41) is 2.59. The predicted octanol–water partition coefficient (Wildman–Crippen LogP) is 4.48. The first-order valence-electron chi connectivity index (χ1n) is 9.94. The molecule has 0 saturated carbocycles. The zero-order valence-electron chi connectivity index (χ0n) is 17.4. The lowest BCUT2D eigenvalue weighted by Gasteiger charge is -2.17. The van der Waals surface area contributed by atoms with Gasteiger partial charge in [-0.05, 0) is 54.6 Å². The van der Waals surface area contributed by atoms with Crippen molar-refractivity contribution in [2.75, 3.05) is 18.9 Å². The molecule has 2 amide bonds. The molecule has 0 unspecified atom stereocenters. The first-order valence-corrected chi connectivity index (χ1v) is 10.9. The monoisotopic (exact) mass is 448 g/mol. The van der Waals surface area contributed by atoms with Crippen molar-refractivity contribution in [1.82, 2.24) is 14.3 Å². The van der Waals surface area contributed by atoms with Crippen molar-refractivity contribution in [3.63, 3.8) is 0 Å². The minimum atomic E-state index is -0.439. The number of hydrogen-bond acceptors (Lipinski definition) is 4. The van der Waals surface area contributed by atoms with E-state index in [0.717, 1.165) is 22.0 Å². The summed E-state index contributed by atoms with van der Waals surface area (Å²) >= 11 is 1.64. The van der Waals surface area contributed by atoms with Crippen LogP contribution in [0.2, 0.25) is 0 Å². The molecule has 2 heterocycles. The van der Waals surface area contributed by atoms with Crippen molar-refractivity contribution in [1.29, 1.82) is 0 Å². The Morgan fingerprint density at radius 1 is 1.09 bits per heavy atom. The van der Waals surface area contributed by atoms with Crippen LogP contribution >= 0.6 is 11.8 Å². The fraction of sp³-hybridized carbons (Fsp3) is 0.125. The number of amides is 2. The zero-order chi connectivity index (χ0) is 22.5. The molecular formula is C24H21FN4O2S. The summed E-state index contributed by atoms with van der Waals surface area (Å²) in [6.45, 7) is -0.139. The summed E-state index contributed by atoms with van der Waals surface area (Å²) in [5.41, 5.74) is 2.73. The maximum atomic E-state index is 13.2. The molecule has 0 fully saturated rings. The Morgan fingerprint density at radius 3 is 2.66 bits per heavy atom. The summed E-state index contributed by atoms with van der Waals surface area (Å²) in [7, 11) is 1.56. The van der Waals surface area contributed by atoms with Gasteiger partial charge in [-0.3, -0.25) is 9.59 Å². The molecule has 0 aliphatic heterocycles. The van der Waals surface area contributed by atoms with Gasteiger partial charge in [0.2, 0.25) is 5.91 Å². The van der Waals surface area contributed by atoms with Gasteiger partial charge in [0.05, 0.1) is 12.2 Å². The molecule has 0 aliphatic carbocycles. The van der Waals surface area contributed by atoms with Crippen LogP contribution in [0.1, 0.15) is 16.1 Å². The average molecular weight is 449 g/mol. The van der Waals surface area contributed by atoms with Crippen LogP contribution in [0.5, 0.6) is 0 Å². The van der Waals surface area contributed by atoms with Crippen LogP contribution in [0.3, 0.4) is 0 Å². The van der Waals surface area contributed by atoms with Gasteiger partial charge in [-0.2, -0.15) is 0 Å². The molecule has 0 spiro atoms. The van der Waals surface area contributed by atoms with Gasteiger partial charge >= 0.3 is 0 Å².